The molecule has 0 unspecified atom stereocenters. The number of carbonyl (C=O) groups is 1. The second-order valence-corrected chi connectivity index (χ2v) is 11.7. The summed E-state index contributed by atoms with van der Waals surface area (Å²) >= 11 is 0. The normalized spacial score (nSPS) is 29.9. The van der Waals surface area contributed by atoms with Crippen LogP contribution in [0.1, 0.15) is 95.0 Å². The number of hydrogen-bond donors (Lipinski definition) is 0. The molecule has 1 aromatic rings. The number of piperidine rings is 1. The van der Waals surface area contributed by atoms with E-state index in [2.05, 4.69) is 17.0 Å². The summed E-state index contributed by atoms with van der Waals surface area (Å²) < 4.78 is 16.8. The molecule has 2 heterocycles. The van der Waals surface area contributed by atoms with Gasteiger partial charge >= 0.3 is 0 Å². The predicted octanol–water partition coefficient (Wildman–Crippen LogP) is 6.35. The van der Waals surface area contributed by atoms with Gasteiger partial charge in [-0.2, -0.15) is 0 Å². The smallest absolute Gasteiger partial charge is 0.231 e. The minimum atomic E-state index is 0.359. The molecular weight excluding hydrogens is 438 g/mol. The summed E-state index contributed by atoms with van der Waals surface area (Å²) in [7, 11) is 1.82. The van der Waals surface area contributed by atoms with Crippen LogP contribution >= 0.6 is 0 Å². The lowest BCUT2D eigenvalue weighted by atomic mass is 9.77. The number of hydrogen-bond acceptors (Lipinski definition) is 5. The van der Waals surface area contributed by atoms with Crippen molar-refractivity contribution in [3.05, 3.63) is 23.8 Å². The summed E-state index contributed by atoms with van der Waals surface area (Å²) in [6.07, 6.45) is 15.6. The van der Waals surface area contributed by atoms with Crippen LogP contribution in [0.4, 0.5) is 0 Å². The van der Waals surface area contributed by atoms with Crippen LogP contribution < -0.4 is 9.47 Å². The number of methoxy groups -OCH3 is 1. The Kier molecular flexibility index (Phi) is 8.67. The number of nitrogens with zero attached hydrogens (tertiary/aromatic N) is 1. The zero-order valence-electron chi connectivity index (χ0n) is 21.7. The average Bonchev–Trinajstić information content (AvgIpc) is 3.38. The van der Waals surface area contributed by atoms with Crippen molar-refractivity contribution in [1.29, 1.82) is 0 Å². The van der Waals surface area contributed by atoms with Crippen LogP contribution in [0.25, 0.3) is 0 Å². The second-order valence-electron chi connectivity index (χ2n) is 11.7. The third-order valence-corrected chi connectivity index (χ3v) is 9.43. The Morgan fingerprint density at radius 3 is 2.23 bits per heavy atom. The van der Waals surface area contributed by atoms with Crippen LogP contribution in [0.15, 0.2) is 18.2 Å². The van der Waals surface area contributed by atoms with Gasteiger partial charge in [-0.15, -0.1) is 0 Å². The van der Waals surface area contributed by atoms with Crippen molar-refractivity contribution >= 4 is 5.78 Å². The van der Waals surface area contributed by atoms with Crippen molar-refractivity contribution in [2.45, 2.75) is 95.5 Å². The van der Waals surface area contributed by atoms with Crippen LogP contribution in [0, 0.1) is 17.8 Å². The number of Topliss-reactive ketones (excluding diaryl/α,β-unsaturated/α-hetero) is 1. The number of ether oxygens (including phenoxy) is 3. The number of rotatable bonds is 9. The number of carbonyl (C=O) groups excluding carboxylic acids is 1. The molecule has 5 heteroatoms. The van der Waals surface area contributed by atoms with Crippen molar-refractivity contribution in [3.8, 4) is 11.5 Å². The summed E-state index contributed by atoms with van der Waals surface area (Å²) in [6.45, 7) is 3.96. The number of likely N-dealkylation sites (tertiary alicyclic amines) is 1. The first-order chi connectivity index (χ1) is 17.2. The van der Waals surface area contributed by atoms with E-state index in [0.29, 0.717) is 36.4 Å². The van der Waals surface area contributed by atoms with Gasteiger partial charge in [0, 0.05) is 25.5 Å². The summed E-state index contributed by atoms with van der Waals surface area (Å²) in [5.41, 5.74) is 1.34. The molecule has 4 aliphatic rings. The van der Waals surface area contributed by atoms with Crippen LogP contribution in [0.3, 0.4) is 0 Å². The zero-order chi connectivity index (χ0) is 24.0. The first-order valence-electron chi connectivity index (χ1n) is 14.3. The van der Waals surface area contributed by atoms with Gasteiger partial charge in [-0.25, -0.2) is 0 Å². The van der Waals surface area contributed by atoms with Gasteiger partial charge in [-0.1, -0.05) is 25.0 Å². The minimum Gasteiger partial charge on any atom is -0.454 e. The number of para-hydroxylation sites is 1. The molecule has 2 aliphatic heterocycles. The Balaban J connectivity index is 0.963. The van der Waals surface area contributed by atoms with E-state index in [9.17, 15) is 4.79 Å². The van der Waals surface area contributed by atoms with E-state index in [4.69, 9.17) is 14.2 Å². The predicted molar refractivity (Wildman–Crippen MR) is 138 cm³/mol. The van der Waals surface area contributed by atoms with Crippen LogP contribution in [0.5, 0.6) is 11.5 Å². The lowest BCUT2D eigenvalue weighted by Crippen LogP contribution is -2.34. The van der Waals surface area contributed by atoms with E-state index in [1.807, 2.05) is 13.2 Å². The first-order valence-corrected chi connectivity index (χ1v) is 14.3. The fourth-order valence-corrected chi connectivity index (χ4v) is 7.13. The van der Waals surface area contributed by atoms with Gasteiger partial charge in [-0.05, 0) is 107 Å². The Bertz CT molecular complexity index is 818. The summed E-state index contributed by atoms with van der Waals surface area (Å²) in [6, 6.07) is 6.34. The Labute approximate surface area is 211 Å². The van der Waals surface area contributed by atoms with Crippen LogP contribution in [-0.4, -0.2) is 50.3 Å². The van der Waals surface area contributed by atoms with Gasteiger partial charge in [0.05, 0.1) is 6.10 Å². The molecule has 1 aromatic carbocycles. The molecule has 1 saturated heterocycles. The molecule has 35 heavy (non-hydrogen) atoms. The highest BCUT2D eigenvalue weighted by Crippen LogP contribution is 2.42. The molecule has 5 nitrogen and oxygen atoms in total. The molecule has 0 aromatic heterocycles. The van der Waals surface area contributed by atoms with Crippen molar-refractivity contribution in [2.75, 3.05) is 33.5 Å². The average molecular weight is 484 g/mol. The van der Waals surface area contributed by atoms with Crippen molar-refractivity contribution in [3.63, 3.8) is 0 Å². The maximum atomic E-state index is 12.7. The van der Waals surface area contributed by atoms with Gasteiger partial charge < -0.3 is 19.1 Å². The van der Waals surface area contributed by atoms with E-state index < -0.39 is 0 Å². The number of fused-ring (bicyclic) bond motifs is 1. The zero-order valence-corrected chi connectivity index (χ0v) is 21.7. The van der Waals surface area contributed by atoms with Crippen molar-refractivity contribution in [1.82, 2.24) is 4.90 Å². The highest BCUT2D eigenvalue weighted by atomic mass is 16.7. The molecule has 0 bridgehead atoms. The molecule has 0 atom stereocenters. The lowest BCUT2D eigenvalue weighted by molar-refractivity contribution is -0.121. The molecule has 194 valence electrons. The highest BCUT2D eigenvalue weighted by molar-refractivity contribution is 5.78. The maximum absolute atomic E-state index is 12.7. The summed E-state index contributed by atoms with van der Waals surface area (Å²) in [5, 5.41) is 0. The fraction of sp³-hybridized carbons (Fsp3) is 0.767. The van der Waals surface area contributed by atoms with Gasteiger partial charge in [0.15, 0.2) is 11.5 Å². The first kappa shape index (κ1) is 25.1. The van der Waals surface area contributed by atoms with Crippen LogP contribution in [0.2, 0.25) is 0 Å². The quantitative estimate of drug-likeness (QED) is 0.410. The second kappa shape index (κ2) is 12.1. The van der Waals surface area contributed by atoms with Gasteiger partial charge in [0.1, 0.15) is 5.78 Å². The van der Waals surface area contributed by atoms with E-state index in [0.717, 1.165) is 43.1 Å². The third-order valence-electron chi connectivity index (χ3n) is 9.43. The lowest BCUT2D eigenvalue weighted by Gasteiger charge is -2.34. The minimum absolute atomic E-state index is 0.359. The van der Waals surface area contributed by atoms with E-state index >= 15 is 0 Å². The van der Waals surface area contributed by atoms with Gasteiger partial charge in [-0.3, -0.25) is 4.79 Å². The molecule has 2 aliphatic carbocycles. The topological polar surface area (TPSA) is 48.0 Å². The van der Waals surface area contributed by atoms with E-state index in [-0.39, 0.29) is 0 Å². The molecule has 0 amide bonds. The molecule has 5 rings (SSSR count). The Morgan fingerprint density at radius 1 is 0.886 bits per heavy atom. The molecule has 0 spiro atoms. The molecule has 0 N–H and O–H groups in total. The SMILES string of the molecule is COC1CCC(CC(=O)CC2CCC(CCN3CCC(c4cccc5c4OCO5)CC3)CC2)CC1. The largest absolute Gasteiger partial charge is 0.454 e. The fourth-order valence-electron chi connectivity index (χ4n) is 7.13. The molecule has 3 fully saturated rings. The number of benzene rings is 1. The summed E-state index contributed by atoms with van der Waals surface area (Å²) in [5.74, 6) is 5.12. The molecular formula is C30H45NO4. The van der Waals surface area contributed by atoms with Crippen molar-refractivity contribution in [2.24, 2.45) is 17.8 Å². The monoisotopic (exact) mass is 483 g/mol. The van der Waals surface area contributed by atoms with Gasteiger partial charge in [0.2, 0.25) is 6.79 Å². The Morgan fingerprint density at radius 2 is 1.54 bits per heavy atom. The molecule has 2 saturated carbocycles. The highest BCUT2D eigenvalue weighted by Gasteiger charge is 2.29. The third kappa shape index (κ3) is 6.60. The van der Waals surface area contributed by atoms with E-state index in [1.54, 1.807) is 0 Å². The molecule has 0 radical (unpaired) electrons. The van der Waals surface area contributed by atoms with Crippen molar-refractivity contribution < 1.29 is 19.0 Å². The maximum Gasteiger partial charge on any atom is 0.231 e. The standard InChI is InChI=1S/C30H45NO4/c1-33-27-11-9-24(10-12-27)20-26(32)19-23-7-5-22(6-8-23)13-16-31-17-14-25(15-18-31)28-3-2-4-29-30(28)35-21-34-29/h2-4,22-25,27H,5-21H2,1H3. The summed E-state index contributed by atoms with van der Waals surface area (Å²) in [4.78, 5) is 15.4. The van der Waals surface area contributed by atoms with Gasteiger partial charge in [0.25, 0.3) is 0 Å². The van der Waals surface area contributed by atoms with Crippen LogP contribution in [-0.2, 0) is 9.53 Å². The number of ketones is 1. The van der Waals surface area contributed by atoms with E-state index in [1.165, 1.54) is 83.0 Å². The Hall–Kier alpha value is -1.59.